The summed E-state index contributed by atoms with van der Waals surface area (Å²) >= 11 is 0. The number of halogens is 2. The zero-order valence-electron chi connectivity index (χ0n) is 10.1. The van der Waals surface area contributed by atoms with Crippen molar-refractivity contribution in [3.8, 4) is 0 Å². The lowest BCUT2D eigenvalue weighted by atomic mass is 10.1. The van der Waals surface area contributed by atoms with Gasteiger partial charge in [0.2, 0.25) is 0 Å². The SMILES string of the molecule is O=C(CCN(CCO)CC(F)F)c1ccccc1. The van der Waals surface area contributed by atoms with E-state index in [2.05, 4.69) is 0 Å². The lowest BCUT2D eigenvalue weighted by molar-refractivity contribution is 0.0732. The average molecular weight is 257 g/mol. The summed E-state index contributed by atoms with van der Waals surface area (Å²) in [4.78, 5) is 13.2. The fourth-order valence-corrected chi connectivity index (χ4v) is 1.66. The first kappa shape index (κ1) is 14.7. The Morgan fingerprint density at radius 1 is 1.22 bits per heavy atom. The van der Waals surface area contributed by atoms with Gasteiger partial charge in [-0.1, -0.05) is 30.3 Å². The number of aliphatic hydroxyl groups is 1. The molecule has 0 fully saturated rings. The number of hydrogen-bond donors (Lipinski definition) is 1. The van der Waals surface area contributed by atoms with Crippen molar-refractivity contribution in [2.75, 3.05) is 26.2 Å². The van der Waals surface area contributed by atoms with Crippen LogP contribution in [0.5, 0.6) is 0 Å². The second kappa shape index (κ2) is 7.89. The summed E-state index contributed by atoms with van der Waals surface area (Å²) in [6, 6.07) is 8.74. The smallest absolute Gasteiger partial charge is 0.251 e. The lowest BCUT2D eigenvalue weighted by Crippen LogP contribution is -2.33. The molecule has 3 nitrogen and oxygen atoms in total. The van der Waals surface area contributed by atoms with E-state index in [1.165, 1.54) is 4.90 Å². The minimum Gasteiger partial charge on any atom is -0.395 e. The van der Waals surface area contributed by atoms with Crippen LogP contribution in [-0.4, -0.2) is 48.5 Å². The summed E-state index contributed by atoms with van der Waals surface area (Å²) in [7, 11) is 0. The van der Waals surface area contributed by atoms with E-state index in [-0.39, 0.29) is 31.9 Å². The largest absolute Gasteiger partial charge is 0.395 e. The van der Waals surface area contributed by atoms with Crippen LogP contribution in [0.2, 0.25) is 0 Å². The highest BCUT2D eigenvalue weighted by Gasteiger charge is 2.13. The molecule has 0 aliphatic carbocycles. The number of carbonyl (C=O) groups is 1. The number of hydrogen-bond acceptors (Lipinski definition) is 3. The maximum atomic E-state index is 12.2. The molecule has 0 unspecified atom stereocenters. The first-order valence-corrected chi connectivity index (χ1v) is 5.83. The molecule has 1 aromatic rings. The third kappa shape index (κ3) is 5.33. The van der Waals surface area contributed by atoms with Gasteiger partial charge in [-0.2, -0.15) is 0 Å². The van der Waals surface area contributed by atoms with Crippen molar-refractivity contribution in [3.63, 3.8) is 0 Å². The Morgan fingerprint density at radius 3 is 2.44 bits per heavy atom. The first-order chi connectivity index (χ1) is 8.63. The van der Waals surface area contributed by atoms with Gasteiger partial charge < -0.3 is 5.11 Å². The predicted octanol–water partition coefficient (Wildman–Crippen LogP) is 1.82. The van der Waals surface area contributed by atoms with Crippen LogP contribution >= 0.6 is 0 Å². The number of rotatable bonds is 8. The van der Waals surface area contributed by atoms with Gasteiger partial charge in [0.05, 0.1) is 13.2 Å². The topological polar surface area (TPSA) is 40.5 Å². The average Bonchev–Trinajstić information content (AvgIpc) is 2.36. The van der Waals surface area contributed by atoms with Crippen LogP contribution in [-0.2, 0) is 0 Å². The van der Waals surface area contributed by atoms with E-state index in [1.54, 1.807) is 24.3 Å². The standard InChI is InChI=1S/C13H17F2NO2/c14-13(15)10-16(8-9-17)7-6-12(18)11-4-2-1-3-5-11/h1-5,13,17H,6-10H2. The van der Waals surface area contributed by atoms with E-state index in [0.717, 1.165) is 0 Å². The van der Waals surface area contributed by atoms with Crippen LogP contribution in [0.1, 0.15) is 16.8 Å². The number of Topliss-reactive ketones (excluding diaryl/α,β-unsaturated/α-hetero) is 1. The Morgan fingerprint density at radius 2 is 1.89 bits per heavy atom. The second-order valence-corrected chi connectivity index (χ2v) is 3.95. The third-order valence-corrected chi connectivity index (χ3v) is 2.56. The number of alkyl halides is 2. The summed E-state index contributed by atoms with van der Waals surface area (Å²) in [6.45, 7) is -0.208. The quantitative estimate of drug-likeness (QED) is 0.722. The molecule has 0 atom stereocenters. The van der Waals surface area contributed by atoms with E-state index in [4.69, 9.17) is 5.11 Å². The van der Waals surface area contributed by atoms with Gasteiger partial charge in [0.25, 0.3) is 6.43 Å². The summed E-state index contributed by atoms with van der Waals surface area (Å²) in [5.41, 5.74) is 0.582. The van der Waals surface area contributed by atoms with Gasteiger partial charge in [0.15, 0.2) is 5.78 Å². The Bertz CT molecular complexity index is 357. The number of aliphatic hydroxyl groups excluding tert-OH is 1. The maximum absolute atomic E-state index is 12.2. The normalized spacial score (nSPS) is 11.2. The molecule has 0 bridgehead atoms. The van der Waals surface area contributed by atoms with Gasteiger partial charge in [-0.15, -0.1) is 0 Å². The van der Waals surface area contributed by atoms with Gasteiger partial charge in [0.1, 0.15) is 0 Å². The van der Waals surface area contributed by atoms with Crippen molar-refractivity contribution in [3.05, 3.63) is 35.9 Å². The van der Waals surface area contributed by atoms with Crippen molar-refractivity contribution in [2.45, 2.75) is 12.8 Å². The Balaban J connectivity index is 2.44. The molecule has 1 rings (SSSR count). The first-order valence-electron chi connectivity index (χ1n) is 5.83. The zero-order valence-corrected chi connectivity index (χ0v) is 10.1. The van der Waals surface area contributed by atoms with Gasteiger partial charge >= 0.3 is 0 Å². The molecule has 0 saturated carbocycles. The highest BCUT2D eigenvalue weighted by molar-refractivity contribution is 5.96. The molecule has 0 spiro atoms. The molecule has 0 radical (unpaired) electrons. The molecule has 5 heteroatoms. The Hall–Kier alpha value is -1.33. The molecule has 100 valence electrons. The highest BCUT2D eigenvalue weighted by Crippen LogP contribution is 2.05. The molecule has 1 aromatic carbocycles. The number of nitrogens with zero attached hydrogens (tertiary/aromatic N) is 1. The van der Waals surface area contributed by atoms with Crippen LogP contribution < -0.4 is 0 Å². The fourth-order valence-electron chi connectivity index (χ4n) is 1.66. The summed E-state index contributed by atoms with van der Waals surface area (Å²) < 4.78 is 24.5. The fraction of sp³-hybridized carbons (Fsp3) is 0.462. The minimum atomic E-state index is -2.46. The van der Waals surface area contributed by atoms with E-state index in [9.17, 15) is 13.6 Å². The number of ketones is 1. The van der Waals surface area contributed by atoms with Gasteiger partial charge in [-0.25, -0.2) is 8.78 Å². The Labute approximate surface area is 105 Å². The molecular formula is C13H17F2NO2. The Kier molecular flexibility index (Phi) is 6.46. The van der Waals surface area contributed by atoms with Crippen molar-refractivity contribution >= 4 is 5.78 Å². The van der Waals surface area contributed by atoms with Crippen molar-refractivity contribution in [2.24, 2.45) is 0 Å². The third-order valence-electron chi connectivity index (χ3n) is 2.56. The molecular weight excluding hydrogens is 240 g/mol. The molecule has 0 aliphatic heterocycles. The second-order valence-electron chi connectivity index (χ2n) is 3.95. The van der Waals surface area contributed by atoms with Gasteiger partial charge in [0, 0.05) is 25.1 Å². The number of carbonyl (C=O) groups excluding carboxylic acids is 1. The van der Waals surface area contributed by atoms with Crippen LogP contribution in [0.3, 0.4) is 0 Å². The molecule has 0 aromatic heterocycles. The monoisotopic (exact) mass is 257 g/mol. The van der Waals surface area contributed by atoms with E-state index < -0.39 is 13.0 Å². The van der Waals surface area contributed by atoms with Crippen molar-refractivity contribution in [1.29, 1.82) is 0 Å². The van der Waals surface area contributed by atoms with Gasteiger partial charge in [-0.05, 0) is 0 Å². The zero-order chi connectivity index (χ0) is 13.4. The molecule has 0 heterocycles. The van der Waals surface area contributed by atoms with Crippen molar-refractivity contribution < 1.29 is 18.7 Å². The molecule has 0 saturated heterocycles. The van der Waals surface area contributed by atoms with E-state index >= 15 is 0 Å². The lowest BCUT2D eigenvalue weighted by Gasteiger charge is -2.20. The van der Waals surface area contributed by atoms with E-state index in [0.29, 0.717) is 5.56 Å². The summed E-state index contributed by atoms with van der Waals surface area (Å²) in [5.74, 6) is -0.0761. The van der Waals surface area contributed by atoms with Crippen LogP contribution in [0.25, 0.3) is 0 Å². The molecule has 18 heavy (non-hydrogen) atoms. The van der Waals surface area contributed by atoms with Gasteiger partial charge in [-0.3, -0.25) is 9.69 Å². The van der Waals surface area contributed by atoms with Crippen molar-refractivity contribution in [1.82, 2.24) is 4.90 Å². The highest BCUT2D eigenvalue weighted by atomic mass is 19.3. The molecule has 0 amide bonds. The van der Waals surface area contributed by atoms with Crippen LogP contribution in [0.15, 0.2) is 30.3 Å². The maximum Gasteiger partial charge on any atom is 0.251 e. The molecule has 1 N–H and O–H groups in total. The molecule has 0 aliphatic rings. The predicted molar refractivity (Wildman–Crippen MR) is 64.9 cm³/mol. The number of benzene rings is 1. The van der Waals surface area contributed by atoms with Crippen LogP contribution in [0, 0.1) is 0 Å². The van der Waals surface area contributed by atoms with Crippen LogP contribution in [0.4, 0.5) is 8.78 Å². The summed E-state index contributed by atoms with van der Waals surface area (Å²) in [6.07, 6.45) is -2.28. The minimum absolute atomic E-state index is 0.0761. The van der Waals surface area contributed by atoms with E-state index in [1.807, 2.05) is 6.07 Å². The summed E-state index contributed by atoms with van der Waals surface area (Å²) in [5, 5.41) is 8.76.